The molecule has 3 rings (SSSR count). The van der Waals surface area contributed by atoms with E-state index in [1.54, 1.807) is 28.8 Å². The highest BCUT2D eigenvalue weighted by Crippen LogP contribution is 2.29. The number of hydrogen-bond acceptors (Lipinski definition) is 4. The fourth-order valence-electron chi connectivity index (χ4n) is 2.10. The van der Waals surface area contributed by atoms with Crippen LogP contribution in [0.2, 0.25) is 10.2 Å². The second kappa shape index (κ2) is 5.41. The van der Waals surface area contributed by atoms with Crippen LogP contribution in [-0.2, 0) is 6.54 Å². The number of fused-ring (bicyclic) bond motifs is 1. The van der Waals surface area contributed by atoms with Crippen molar-refractivity contribution in [2.24, 2.45) is 0 Å². The van der Waals surface area contributed by atoms with Crippen molar-refractivity contribution in [1.29, 1.82) is 0 Å². The SMILES string of the molecule is O=c1c(C(O)c2ccc(Cl)cc2)c(Cl)nc2n1CCS2. The molecule has 0 fully saturated rings. The molecule has 1 N–H and O–H groups in total. The van der Waals surface area contributed by atoms with E-state index in [9.17, 15) is 9.90 Å². The molecule has 1 aliphatic rings. The monoisotopic (exact) mass is 328 g/mol. The molecule has 0 radical (unpaired) electrons. The van der Waals surface area contributed by atoms with Gasteiger partial charge < -0.3 is 5.11 Å². The molecule has 0 aliphatic carbocycles. The number of aliphatic hydroxyl groups excluding tert-OH is 1. The minimum atomic E-state index is -1.11. The molecule has 1 unspecified atom stereocenters. The fraction of sp³-hybridized carbons (Fsp3) is 0.231. The van der Waals surface area contributed by atoms with Gasteiger partial charge in [-0.3, -0.25) is 9.36 Å². The van der Waals surface area contributed by atoms with E-state index in [1.807, 2.05) is 0 Å². The van der Waals surface area contributed by atoms with Crippen LogP contribution < -0.4 is 5.56 Å². The predicted molar refractivity (Wildman–Crippen MR) is 79.7 cm³/mol. The first-order valence-corrected chi connectivity index (χ1v) is 7.68. The van der Waals surface area contributed by atoms with E-state index < -0.39 is 6.10 Å². The minimum Gasteiger partial charge on any atom is -0.383 e. The Hall–Kier alpha value is -1.01. The molecular weight excluding hydrogens is 319 g/mol. The third-order valence-electron chi connectivity index (χ3n) is 3.13. The van der Waals surface area contributed by atoms with Gasteiger partial charge in [0.2, 0.25) is 0 Å². The highest BCUT2D eigenvalue weighted by Gasteiger charge is 2.25. The highest BCUT2D eigenvalue weighted by atomic mass is 35.5. The molecule has 0 amide bonds. The molecule has 20 heavy (non-hydrogen) atoms. The molecule has 0 spiro atoms. The summed E-state index contributed by atoms with van der Waals surface area (Å²) in [5.41, 5.74) is 0.383. The van der Waals surface area contributed by atoms with Crippen LogP contribution in [0.15, 0.2) is 34.2 Å². The maximum absolute atomic E-state index is 12.4. The molecule has 1 aliphatic heterocycles. The second-order valence-corrected chi connectivity index (χ2v) is 6.21. The van der Waals surface area contributed by atoms with Crippen LogP contribution in [0.3, 0.4) is 0 Å². The van der Waals surface area contributed by atoms with Gasteiger partial charge in [0.05, 0.1) is 5.56 Å². The van der Waals surface area contributed by atoms with E-state index in [0.717, 1.165) is 5.75 Å². The highest BCUT2D eigenvalue weighted by molar-refractivity contribution is 7.99. The number of nitrogens with zero attached hydrogens (tertiary/aromatic N) is 2. The Morgan fingerprint density at radius 2 is 2.00 bits per heavy atom. The van der Waals surface area contributed by atoms with Gasteiger partial charge in [-0.1, -0.05) is 47.1 Å². The lowest BCUT2D eigenvalue weighted by Crippen LogP contribution is -2.27. The van der Waals surface area contributed by atoms with Gasteiger partial charge in [0, 0.05) is 17.3 Å². The molecule has 104 valence electrons. The predicted octanol–water partition coefficient (Wildman–Crippen LogP) is 2.74. The van der Waals surface area contributed by atoms with Gasteiger partial charge in [-0.05, 0) is 17.7 Å². The lowest BCUT2D eigenvalue weighted by molar-refractivity contribution is 0.217. The van der Waals surface area contributed by atoms with E-state index >= 15 is 0 Å². The van der Waals surface area contributed by atoms with Crippen molar-refractivity contribution in [3.05, 3.63) is 55.9 Å². The molecule has 7 heteroatoms. The summed E-state index contributed by atoms with van der Waals surface area (Å²) in [7, 11) is 0. The lowest BCUT2D eigenvalue weighted by Gasteiger charge is -2.14. The standard InChI is InChI=1S/C13H10Cl2N2O2S/c14-8-3-1-7(2-4-8)10(18)9-11(15)16-13-17(12(9)19)5-6-20-13/h1-4,10,18H,5-6H2. The normalized spacial score (nSPS) is 15.2. The van der Waals surface area contributed by atoms with Gasteiger partial charge in [-0.25, -0.2) is 4.98 Å². The van der Waals surface area contributed by atoms with Crippen LogP contribution in [0.4, 0.5) is 0 Å². The summed E-state index contributed by atoms with van der Waals surface area (Å²) in [4.78, 5) is 16.6. The number of halogens is 2. The summed E-state index contributed by atoms with van der Waals surface area (Å²) < 4.78 is 1.55. The summed E-state index contributed by atoms with van der Waals surface area (Å²) in [6.07, 6.45) is -1.11. The molecular formula is C13H10Cl2N2O2S. The van der Waals surface area contributed by atoms with E-state index in [0.29, 0.717) is 22.3 Å². The van der Waals surface area contributed by atoms with Crippen LogP contribution in [0.5, 0.6) is 0 Å². The summed E-state index contributed by atoms with van der Waals surface area (Å²) in [6, 6.07) is 6.63. The zero-order valence-corrected chi connectivity index (χ0v) is 12.5. The third-order valence-corrected chi connectivity index (χ3v) is 4.62. The lowest BCUT2D eigenvalue weighted by atomic mass is 10.0. The topological polar surface area (TPSA) is 55.1 Å². The van der Waals surface area contributed by atoms with Crippen molar-refractivity contribution < 1.29 is 5.11 Å². The average molecular weight is 329 g/mol. The maximum Gasteiger partial charge on any atom is 0.261 e. The Bertz CT molecular complexity index is 716. The molecule has 4 nitrogen and oxygen atoms in total. The molecule has 0 saturated heterocycles. The number of hydrogen-bond donors (Lipinski definition) is 1. The zero-order chi connectivity index (χ0) is 14.3. The van der Waals surface area contributed by atoms with Gasteiger partial charge in [-0.15, -0.1) is 0 Å². The molecule has 2 aromatic rings. The maximum atomic E-state index is 12.4. The summed E-state index contributed by atoms with van der Waals surface area (Å²) in [5.74, 6) is 0.791. The van der Waals surface area contributed by atoms with Crippen LogP contribution in [0.1, 0.15) is 17.2 Å². The number of aliphatic hydroxyl groups is 1. The van der Waals surface area contributed by atoms with Gasteiger partial charge in [-0.2, -0.15) is 0 Å². The fourth-order valence-corrected chi connectivity index (χ4v) is 3.48. The average Bonchev–Trinajstić information content (AvgIpc) is 2.87. The van der Waals surface area contributed by atoms with Crippen molar-refractivity contribution in [3.8, 4) is 0 Å². The first-order valence-electron chi connectivity index (χ1n) is 5.94. The van der Waals surface area contributed by atoms with Crippen molar-refractivity contribution in [2.45, 2.75) is 17.8 Å². The summed E-state index contributed by atoms with van der Waals surface area (Å²) >= 11 is 13.4. The van der Waals surface area contributed by atoms with Crippen LogP contribution in [-0.4, -0.2) is 20.4 Å². The van der Waals surface area contributed by atoms with Gasteiger partial charge in [0.15, 0.2) is 5.16 Å². The molecule has 0 bridgehead atoms. The van der Waals surface area contributed by atoms with E-state index in [4.69, 9.17) is 23.2 Å². The van der Waals surface area contributed by atoms with Crippen LogP contribution >= 0.6 is 35.0 Å². The Kier molecular flexibility index (Phi) is 3.77. The van der Waals surface area contributed by atoms with Crippen molar-refractivity contribution >= 4 is 35.0 Å². The Morgan fingerprint density at radius 3 is 2.70 bits per heavy atom. The van der Waals surface area contributed by atoms with E-state index in [2.05, 4.69) is 4.98 Å². The van der Waals surface area contributed by atoms with Crippen LogP contribution in [0, 0.1) is 0 Å². The van der Waals surface area contributed by atoms with Crippen molar-refractivity contribution in [2.75, 3.05) is 5.75 Å². The summed E-state index contributed by atoms with van der Waals surface area (Å²) in [6.45, 7) is 0.587. The summed E-state index contributed by atoms with van der Waals surface area (Å²) in [5, 5.41) is 11.6. The Morgan fingerprint density at radius 1 is 1.30 bits per heavy atom. The van der Waals surface area contributed by atoms with Gasteiger partial charge in [0.25, 0.3) is 5.56 Å². The number of thioether (sulfide) groups is 1. The van der Waals surface area contributed by atoms with Gasteiger partial charge >= 0.3 is 0 Å². The number of benzene rings is 1. The molecule has 0 saturated carbocycles. The number of aromatic nitrogens is 2. The Labute approximate surface area is 129 Å². The molecule has 2 heterocycles. The number of rotatable bonds is 2. The zero-order valence-electron chi connectivity index (χ0n) is 10.2. The van der Waals surface area contributed by atoms with E-state index in [1.165, 1.54) is 11.8 Å². The van der Waals surface area contributed by atoms with Crippen molar-refractivity contribution in [3.63, 3.8) is 0 Å². The quantitative estimate of drug-likeness (QED) is 0.680. The second-order valence-electron chi connectivity index (χ2n) is 4.36. The smallest absolute Gasteiger partial charge is 0.261 e. The van der Waals surface area contributed by atoms with Crippen molar-refractivity contribution in [1.82, 2.24) is 9.55 Å². The van der Waals surface area contributed by atoms with Crippen LogP contribution in [0.25, 0.3) is 0 Å². The first-order chi connectivity index (χ1) is 9.58. The third kappa shape index (κ3) is 2.35. The first kappa shape index (κ1) is 13.9. The minimum absolute atomic E-state index is 0.0538. The largest absolute Gasteiger partial charge is 0.383 e. The molecule has 1 aromatic heterocycles. The van der Waals surface area contributed by atoms with Gasteiger partial charge in [0.1, 0.15) is 11.3 Å². The van der Waals surface area contributed by atoms with E-state index in [-0.39, 0.29) is 16.3 Å². The Balaban J connectivity index is 2.10. The molecule has 1 aromatic carbocycles. The molecule has 1 atom stereocenters.